The van der Waals surface area contributed by atoms with E-state index < -0.39 is 16.1 Å². The van der Waals surface area contributed by atoms with Crippen LogP contribution in [0.1, 0.15) is 50.0 Å². The molecule has 0 radical (unpaired) electrons. The van der Waals surface area contributed by atoms with E-state index in [0.717, 1.165) is 30.2 Å². The smallest absolute Gasteiger partial charge is 0.268 e. The van der Waals surface area contributed by atoms with Crippen molar-refractivity contribution in [2.45, 2.75) is 50.5 Å². The van der Waals surface area contributed by atoms with Gasteiger partial charge in [-0.25, -0.2) is 12.4 Å². The summed E-state index contributed by atoms with van der Waals surface area (Å²) in [5.41, 5.74) is 2.03. The zero-order chi connectivity index (χ0) is 18.7. The van der Waals surface area contributed by atoms with Gasteiger partial charge in [0.2, 0.25) is 0 Å². The maximum Gasteiger partial charge on any atom is 0.268 e. The van der Waals surface area contributed by atoms with Crippen LogP contribution in [0.25, 0.3) is 10.9 Å². The number of benzene rings is 2. The molecule has 5 heteroatoms. The second kappa shape index (κ2) is 7.64. The highest BCUT2D eigenvalue weighted by molar-refractivity contribution is 7.90. The fourth-order valence-corrected chi connectivity index (χ4v) is 4.77. The van der Waals surface area contributed by atoms with Crippen molar-refractivity contribution in [3.8, 4) is 0 Å². The van der Waals surface area contributed by atoms with Gasteiger partial charge in [-0.15, -0.1) is 0 Å². The lowest BCUT2D eigenvalue weighted by molar-refractivity contribution is 0.158. The average Bonchev–Trinajstić information content (AvgIpc) is 3.02. The van der Waals surface area contributed by atoms with Crippen LogP contribution in [0, 0.1) is 6.92 Å². The van der Waals surface area contributed by atoms with Crippen molar-refractivity contribution in [2.75, 3.05) is 0 Å². The molecule has 1 N–H and O–H groups in total. The number of nitrogens with zero attached hydrogens (tertiary/aromatic N) is 1. The van der Waals surface area contributed by atoms with E-state index in [-0.39, 0.29) is 4.90 Å². The van der Waals surface area contributed by atoms with Gasteiger partial charge in [0.1, 0.15) is 0 Å². The zero-order valence-electron chi connectivity index (χ0n) is 15.2. The second-order valence-corrected chi connectivity index (χ2v) is 8.51. The Balaban J connectivity index is 2.13. The number of rotatable bonds is 7. The van der Waals surface area contributed by atoms with Crippen molar-refractivity contribution in [1.29, 1.82) is 0 Å². The molecule has 4 nitrogen and oxygen atoms in total. The van der Waals surface area contributed by atoms with E-state index in [1.807, 2.05) is 25.1 Å². The average molecular weight is 372 g/mol. The maximum absolute atomic E-state index is 13.3. The largest absolute Gasteiger partial charge is 0.387 e. The third-order valence-corrected chi connectivity index (χ3v) is 6.43. The van der Waals surface area contributed by atoms with Gasteiger partial charge < -0.3 is 5.11 Å². The first-order valence-corrected chi connectivity index (χ1v) is 10.5. The second-order valence-electron chi connectivity index (χ2n) is 6.72. The van der Waals surface area contributed by atoms with Gasteiger partial charge in [0, 0.05) is 5.39 Å². The SMILES string of the molecule is CCCCCC(O)c1cc2ccccc2n1S(=O)(=O)c1ccc(C)cc1. The fourth-order valence-electron chi connectivity index (χ4n) is 3.20. The Morgan fingerprint density at radius 1 is 1.04 bits per heavy atom. The van der Waals surface area contributed by atoms with E-state index >= 15 is 0 Å². The third kappa shape index (κ3) is 3.55. The Morgan fingerprint density at radius 3 is 2.42 bits per heavy atom. The van der Waals surface area contributed by atoms with Gasteiger partial charge >= 0.3 is 0 Å². The summed E-state index contributed by atoms with van der Waals surface area (Å²) in [5, 5.41) is 11.5. The standard InChI is InChI=1S/C21H25NO3S/c1-3-4-5-10-21(23)20-15-17-8-6-7-9-19(17)22(20)26(24,25)18-13-11-16(2)12-14-18/h6-9,11-15,21,23H,3-5,10H2,1-2H3. The highest BCUT2D eigenvalue weighted by atomic mass is 32.2. The van der Waals surface area contributed by atoms with Crippen molar-refractivity contribution in [1.82, 2.24) is 3.97 Å². The van der Waals surface area contributed by atoms with Gasteiger partial charge in [-0.3, -0.25) is 0 Å². The predicted molar refractivity (Wildman–Crippen MR) is 105 cm³/mol. The molecule has 1 heterocycles. The van der Waals surface area contributed by atoms with E-state index in [4.69, 9.17) is 0 Å². The first kappa shape index (κ1) is 18.7. The highest BCUT2D eigenvalue weighted by Gasteiger charge is 2.26. The quantitative estimate of drug-likeness (QED) is 0.607. The molecule has 26 heavy (non-hydrogen) atoms. The van der Waals surface area contributed by atoms with Crippen molar-refractivity contribution < 1.29 is 13.5 Å². The summed E-state index contributed by atoms with van der Waals surface area (Å²) in [6, 6.07) is 15.9. The van der Waals surface area contributed by atoms with Crippen LogP contribution in [-0.2, 0) is 10.0 Å². The molecule has 0 saturated heterocycles. The van der Waals surface area contributed by atoms with Crippen LogP contribution in [0.15, 0.2) is 59.5 Å². The lowest BCUT2D eigenvalue weighted by Gasteiger charge is -2.16. The van der Waals surface area contributed by atoms with Crippen molar-refractivity contribution in [3.63, 3.8) is 0 Å². The molecule has 3 rings (SSSR count). The summed E-state index contributed by atoms with van der Waals surface area (Å²) < 4.78 is 28.0. The molecule has 0 aliphatic rings. The number of aromatic nitrogens is 1. The number of unbranched alkanes of at least 4 members (excludes halogenated alkanes) is 2. The molecule has 1 unspecified atom stereocenters. The zero-order valence-corrected chi connectivity index (χ0v) is 16.0. The highest BCUT2D eigenvalue weighted by Crippen LogP contribution is 2.31. The molecule has 0 aliphatic carbocycles. The molecular weight excluding hydrogens is 346 g/mol. The summed E-state index contributed by atoms with van der Waals surface area (Å²) in [7, 11) is -3.79. The molecule has 138 valence electrons. The number of hydrogen-bond acceptors (Lipinski definition) is 3. The molecule has 3 aromatic rings. The van der Waals surface area contributed by atoms with E-state index in [1.165, 1.54) is 3.97 Å². The van der Waals surface area contributed by atoms with Crippen LogP contribution in [0.5, 0.6) is 0 Å². The van der Waals surface area contributed by atoms with E-state index in [1.54, 1.807) is 36.4 Å². The first-order chi connectivity index (χ1) is 12.4. The summed E-state index contributed by atoms with van der Waals surface area (Å²) >= 11 is 0. The minimum absolute atomic E-state index is 0.228. The van der Waals surface area contributed by atoms with Crippen LogP contribution in [0.2, 0.25) is 0 Å². The van der Waals surface area contributed by atoms with Crippen molar-refractivity contribution in [2.24, 2.45) is 0 Å². The van der Waals surface area contributed by atoms with Crippen LogP contribution < -0.4 is 0 Å². The van der Waals surface area contributed by atoms with Crippen LogP contribution in [0.3, 0.4) is 0 Å². The molecule has 1 aromatic heterocycles. The molecule has 2 aromatic carbocycles. The number of hydrogen-bond donors (Lipinski definition) is 1. The maximum atomic E-state index is 13.3. The predicted octanol–water partition coefficient (Wildman–Crippen LogP) is 4.80. The van der Waals surface area contributed by atoms with Crippen LogP contribution in [0.4, 0.5) is 0 Å². The van der Waals surface area contributed by atoms with Gasteiger partial charge in [-0.05, 0) is 37.6 Å². The Labute approximate surface area is 155 Å². The van der Waals surface area contributed by atoms with Crippen molar-refractivity contribution in [3.05, 3.63) is 65.9 Å². The lowest BCUT2D eigenvalue weighted by Crippen LogP contribution is -2.17. The summed E-state index contributed by atoms with van der Waals surface area (Å²) in [5.74, 6) is 0. The molecule has 0 aliphatic heterocycles. The summed E-state index contributed by atoms with van der Waals surface area (Å²) in [4.78, 5) is 0.228. The normalized spacial score (nSPS) is 13.2. The molecule has 1 atom stereocenters. The van der Waals surface area contributed by atoms with Gasteiger partial charge in [-0.2, -0.15) is 0 Å². The van der Waals surface area contributed by atoms with E-state index in [9.17, 15) is 13.5 Å². The minimum Gasteiger partial charge on any atom is -0.387 e. The molecule has 0 fully saturated rings. The lowest BCUT2D eigenvalue weighted by atomic mass is 10.1. The minimum atomic E-state index is -3.79. The number of aryl methyl sites for hydroxylation is 1. The molecular formula is C21H25NO3S. The van der Waals surface area contributed by atoms with Gasteiger partial charge in [0.25, 0.3) is 10.0 Å². The van der Waals surface area contributed by atoms with Crippen LogP contribution >= 0.6 is 0 Å². The summed E-state index contributed by atoms with van der Waals surface area (Å²) in [6.45, 7) is 4.02. The fraction of sp³-hybridized carbons (Fsp3) is 0.333. The molecule has 0 amide bonds. The topological polar surface area (TPSA) is 59.3 Å². The van der Waals surface area contributed by atoms with Gasteiger partial charge in [-0.1, -0.05) is 62.1 Å². The number of aliphatic hydroxyl groups is 1. The Kier molecular flexibility index (Phi) is 5.49. The van der Waals surface area contributed by atoms with Gasteiger partial charge in [0.15, 0.2) is 0 Å². The van der Waals surface area contributed by atoms with Crippen LogP contribution in [-0.4, -0.2) is 17.5 Å². The Morgan fingerprint density at radius 2 is 1.73 bits per heavy atom. The summed E-state index contributed by atoms with van der Waals surface area (Å²) in [6.07, 6.45) is 2.67. The molecule has 0 bridgehead atoms. The molecule has 0 spiro atoms. The molecule has 0 saturated carbocycles. The third-order valence-electron chi connectivity index (χ3n) is 4.68. The number of para-hydroxylation sites is 1. The Hall–Kier alpha value is -2.11. The Bertz CT molecular complexity index is 988. The van der Waals surface area contributed by atoms with Gasteiger partial charge in [0.05, 0.1) is 22.2 Å². The number of aliphatic hydroxyl groups excluding tert-OH is 1. The monoisotopic (exact) mass is 371 g/mol. The van der Waals surface area contributed by atoms with E-state index in [0.29, 0.717) is 17.6 Å². The first-order valence-electron chi connectivity index (χ1n) is 9.06. The van der Waals surface area contributed by atoms with E-state index in [2.05, 4.69) is 6.92 Å². The van der Waals surface area contributed by atoms with Crippen molar-refractivity contribution >= 4 is 20.9 Å². The number of fused-ring (bicyclic) bond motifs is 1.